The second-order valence-electron chi connectivity index (χ2n) is 7.89. The highest BCUT2D eigenvalue weighted by Crippen LogP contribution is 2.36. The fraction of sp³-hybridized carbons (Fsp3) is 0.259. The highest BCUT2D eigenvalue weighted by molar-refractivity contribution is 5.87. The summed E-state index contributed by atoms with van der Waals surface area (Å²) in [5.41, 5.74) is 4.51. The van der Waals surface area contributed by atoms with E-state index < -0.39 is 0 Å². The van der Waals surface area contributed by atoms with Crippen LogP contribution in [0.15, 0.2) is 65.3 Å². The molecule has 0 radical (unpaired) electrons. The lowest BCUT2D eigenvalue weighted by molar-refractivity contribution is -0.132. The predicted octanol–water partition coefficient (Wildman–Crippen LogP) is 5.76. The Kier molecular flexibility index (Phi) is 6.63. The van der Waals surface area contributed by atoms with Crippen molar-refractivity contribution in [2.24, 2.45) is 0 Å². The van der Waals surface area contributed by atoms with Crippen molar-refractivity contribution in [1.82, 2.24) is 9.88 Å². The van der Waals surface area contributed by atoms with E-state index in [9.17, 15) is 4.79 Å². The molecule has 170 valence electrons. The molecule has 0 aliphatic carbocycles. The van der Waals surface area contributed by atoms with Crippen molar-refractivity contribution in [2.75, 3.05) is 14.2 Å². The minimum absolute atomic E-state index is 0.0410. The van der Waals surface area contributed by atoms with Crippen LogP contribution in [0.3, 0.4) is 0 Å². The number of aryl methyl sites for hydroxylation is 1. The average molecular weight is 445 g/mol. The molecule has 0 aliphatic heterocycles. The number of fused-ring (bicyclic) bond motifs is 1. The number of amides is 1. The Morgan fingerprint density at radius 3 is 2.58 bits per heavy atom. The predicted molar refractivity (Wildman–Crippen MR) is 128 cm³/mol. The van der Waals surface area contributed by atoms with Crippen LogP contribution in [-0.2, 0) is 17.9 Å². The summed E-state index contributed by atoms with van der Waals surface area (Å²) in [5, 5.41) is 1.03. The number of hydrogen-bond donors (Lipinski definition) is 0. The van der Waals surface area contributed by atoms with Crippen LogP contribution < -0.4 is 9.47 Å². The number of pyridine rings is 1. The molecule has 6 heteroatoms. The topological polar surface area (TPSA) is 64.8 Å². The Morgan fingerprint density at radius 1 is 1.03 bits per heavy atom. The number of benzene rings is 2. The number of carbonyl (C=O) groups excluding carboxylic acids is 1. The lowest BCUT2D eigenvalue weighted by Gasteiger charge is -2.23. The zero-order valence-electron chi connectivity index (χ0n) is 19.4. The van der Waals surface area contributed by atoms with Gasteiger partial charge in [-0.05, 0) is 54.4 Å². The molecule has 2 aromatic carbocycles. The van der Waals surface area contributed by atoms with E-state index in [1.54, 1.807) is 25.4 Å². The van der Waals surface area contributed by atoms with E-state index >= 15 is 0 Å². The summed E-state index contributed by atoms with van der Waals surface area (Å²) in [7, 11) is 3.27. The Morgan fingerprint density at radius 2 is 1.88 bits per heavy atom. The molecule has 0 fully saturated rings. The zero-order chi connectivity index (χ0) is 23.4. The molecule has 4 rings (SSSR count). The molecule has 0 N–H and O–H groups in total. The maximum atomic E-state index is 12.9. The number of furan rings is 1. The molecule has 2 heterocycles. The van der Waals surface area contributed by atoms with Gasteiger partial charge in [-0.1, -0.05) is 25.1 Å². The van der Waals surface area contributed by atoms with Gasteiger partial charge < -0.3 is 18.8 Å². The molecule has 2 aromatic heterocycles. The number of ether oxygens (including phenoxy) is 2. The molecule has 0 saturated heterocycles. The molecule has 0 unspecified atom stereocenters. The summed E-state index contributed by atoms with van der Waals surface area (Å²) in [6.07, 6.45) is 2.02. The molecule has 4 aromatic rings. The second kappa shape index (κ2) is 9.77. The number of carbonyl (C=O) groups is 1. The van der Waals surface area contributed by atoms with E-state index in [2.05, 4.69) is 6.07 Å². The molecule has 0 aliphatic rings. The fourth-order valence-electron chi connectivity index (χ4n) is 4.00. The van der Waals surface area contributed by atoms with Crippen molar-refractivity contribution < 1.29 is 18.7 Å². The summed E-state index contributed by atoms with van der Waals surface area (Å²) in [4.78, 5) is 19.7. The number of rotatable bonds is 8. The van der Waals surface area contributed by atoms with Crippen molar-refractivity contribution in [1.29, 1.82) is 0 Å². The van der Waals surface area contributed by atoms with E-state index in [0.29, 0.717) is 31.0 Å². The lowest BCUT2D eigenvalue weighted by atomic mass is 10.00. The van der Waals surface area contributed by atoms with Gasteiger partial charge in [0.1, 0.15) is 17.3 Å². The van der Waals surface area contributed by atoms with Gasteiger partial charge >= 0.3 is 0 Å². The molecule has 33 heavy (non-hydrogen) atoms. The first-order valence-corrected chi connectivity index (χ1v) is 11.0. The van der Waals surface area contributed by atoms with E-state index in [0.717, 1.165) is 39.0 Å². The van der Waals surface area contributed by atoms with Crippen LogP contribution in [0, 0.1) is 6.92 Å². The molecule has 1 amide bonds. The van der Waals surface area contributed by atoms with Crippen LogP contribution in [0.25, 0.3) is 22.2 Å². The van der Waals surface area contributed by atoms with Gasteiger partial charge in [0, 0.05) is 23.9 Å². The fourth-order valence-corrected chi connectivity index (χ4v) is 4.00. The Hall–Kier alpha value is -3.80. The van der Waals surface area contributed by atoms with Gasteiger partial charge in [-0.2, -0.15) is 0 Å². The maximum absolute atomic E-state index is 12.9. The Labute approximate surface area is 193 Å². The lowest BCUT2D eigenvalue weighted by Crippen LogP contribution is -2.29. The summed E-state index contributed by atoms with van der Waals surface area (Å²) in [6.45, 7) is 4.69. The third-order valence-electron chi connectivity index (χ3n) is 5.73. The van der Waals surface area contributed by atoms with Gasteiger partial charge in [-0.25, -0.2) is 4.98 Å². The van der Waals surface area contributed by atoms with Crippen molar-refractivity contribution in [3.63, 3.8) is 0 Å². The summed E-state index contributed by atoms with van der Waals surface area (Å²) < 4.78 is 16.7. The first-order chi connectivity index (χ1) is 16.0. The van der Waals surface area contributed by atoms with Gasteiger partial charge in [0.05, 0.1) is 38.2 Å². The van der Waals surface area contributed by atoms with Crippen LogP contribution >= 0.6 is 0 Å². The van der Waals surface area contributed by atoms with Crippen LogP contribution in [0.5, 0.6) is 11.5 Å². The molecular weight excluding hydrogens is 416 g/mol. The summed E-state index contributed by atoms with van der Waals surface area (Å²) in [6, 6.07) is 17.6. The van der Waals surface area contributed by atoms with Crippen LogP contribution in [-0.4, -0.2) is 30.0 Å². The Balaban J connectivity index is 1.89. The number of methoxy groups -OCH3 is 2. The Bertz CT molecular complexity index is 1260. The van der Waals surface area contributed by atoms with Crippen molar-refractivity contribution in [3.8, 4) is 22.8 Å². The quantitative estimate of drug-likeness (QED) is 0.346. The second-order valence-corrected chi connectivity index (χ2v) is 7.89. The third-order valence-corrected chi connectivity index (χ3v) is 5.73. The van der Waals surface area contributed by atoms with E-state index in [1.807, 2.05) is 62.4 Å². The van der Waals surface area contributed by atoms with Crippen LogP contribution in [0.1, 0.15) is 30.2 Å². The van der Waals surface area contributed by atoms with Crippen molar-refractivity contribution in [2.45, 2.75) is 33.4 Å². The molecular formula is C27H28N2O4. The van der Waals surface area contributed by atoms with Gasteiger partial charge in [0.25, 0.3) is 0 Å². The number of para-hydroxylation sites is 1. The first kappa shape index (κ1) is 22.4. The monoisotopic (exact) mass is 444 g/mol. The highest BCUT2D eigenvalue weighted by atomic mass is 16.5. The van der Waals surface area contributed by atoms with E-state index in [4.69, 9.17) is 18.9 Å². The maximum Gasteiger partial charge on any atom is 0.222 e. The van der Waals surface area contributed by atoms with E-state index in [1.165, 1.54) is 0 Å². The third kappa shape index (κ3) is 4.70. The minimum atomic E-state index is 0.0410. The summed E-state index contributed by atoms with van der Waals surface area (Å²) >= 11 is 0. The van der Waals surface area contributed by atoms with Crippen LogP contribution in [0.2, 0.25) is 0 Å². The SMILES string of the molecule is CCC(=O)N(Cc1ccco1)Cc1cc2cccc(C)c2nc1-c1cc(OC)ccc1OC. The molecule has 0 saturated carbocycles. The average Bonchev–Trinajstić information content (AvgIpc) is 3.35. The number of hydrogen-bond acceptors (Lipinski definition) is 5. The van der Waals surface area contributed by atoms with Gasteiger partial charge in [0.15, 0.2) is 0 Å². The van der Waals surface area contributed by atoms with Crippen LogP contribution in [0.4, 0.5) is 0 Å². The van der Waals surface area contributed by atoms with Gasteiger partial charge in [-0.3, -0.25) is 4.79 Å². The molecule has 0 bridgehead atoms. The number of nitrogens with zero attached hydrogens (tertiary/aromatic N) is 2. The van der Waals surface area contributed by atoms with Gasteiger partial charge in [0.2, 0.25) is 5.91 Å². The van der Waals surface area contributed by atoms with Gasteiger partial charge in [-0.15, -0.1) is 0 Å². The first-order valence-electron chi connectivity index (χ1n) is 11.0. The summed E-state index contributed by atoms with van der Waals surface area (Å²) in [5.74, 6) is 2.18. The van der Waals surface area contributed by atoms with Crippen molar-refractivity contribution >= 4 is 16.8 Å². The minimum Gasteiger partial charge on any atom is -0.497 e. The largest absolute Gasteiger partial charge is 0.497 e. The molecule has 0 atom stereocenters. The molecule has 0 spiro atoms. The standard InChI is InChI=1S/C27H28N2O4/c1-5-25(30)29(17-22-10-7-13-33-22)16-20-14-19-9-6-8-18(2)26(19)28-27(20)23-15-21(31-3)11-12-24(23)32-4/h6-15H,5,16-17H2,1-4H3. The zero-order valence-corrected chi connectivity index (χ0v) is 19.4. The smallest absolute Gasteiger partial charge is 0.222 e. The molecule has 6 nitrogen and oxygen atoms in total. The van der Waals surface area contributed by atoms with Crippen molar-refractivity contribution in [3.05, 3.63) is 77.7 Å². The van der Waals surface area contributed by atoms with E-state index in [-0.39, 0.29) is 5.91 Å². The normalized spacial score (nSPS) is 10.9. The highest BCUT2D eigenvalue weighted by Gasteiger charge is 2.20. The number of aromatic nitrogens is 1.